The van der Waals surface area contributed by atoms with Crippen molar-refractivity contribution in [1.29, 1.82) is 0 Å². The van der Waals surface area contributed by atoms with Crippen LogP contribution in [0.2, 0.25) is 0 Å². The molecule has 1 saturated heterocycles. The topological polar surface area (TPSA) is 55.6 Å². The summed E-state index contributed by atoms with van der Waals surface area (Å²) >= 11 is 0. The SMILES string of the molecule is CC(C)(C)OC(=O)N1CC2C=CC(N)C2C1.Cl. The van der Waals surface area contributed by atoms with E-state index >= 15 is 0 Å². The van der Waals surface area contributed by atoms with Gasteiger partial charge in [-0.05, 0) is 20.8 Å². The van der Waals surface area contributed by atoms with Crippen LogP contribution in [0.1, 0.15) is 20.8 Å². The highest BCUT2D eigenvalue weighted by Crippen LogP contribution is 2.32. The average molecular weight is 261 g/mol. The maximum atomic E-state index is 11.8. The predicted molar refractivity (Wildman–Crippen MR) is 69.2 cm³/mol. The Morgan fingerprint density at radius 2 is 2.00 bits per heavy atom. The predicted octanol–water partition coefficient (Wildman–Crippen LogP) is 1.79. The molecule has 3 atom stereocenters. The van der Waals surface area contributed by atoms with Gasteiger partial charge < -0.3 is 15.4 Å². The second kappa shape index (κ2) is 4.86. The summed E-state index contributed by atoms with van der Waals surface area (Å²) < 4.78 is 5.34. The summed E-state index contributed by atoms with van der Waals surface area (Å²) in [6.07, 6.45) is 3.95. The Morgan fingerprint density at radius 1 is 1.35 bits per heavy atom. The maximum Gasteiger partial charge on any atom is 0.410 e. The molecule has 1 aliphatic heterocycles. The number of nitrogens with zero attached hydrogens (tertiary/aromatic N) is 1. The van der Waals surface area contributed by atoms with Crippen molar-refractivity contribution in [3.8, 4) is 0 Å². The van der Waals surface area contributed by atoms with Gasteiger partial charge >= 0.3 is 6.09 Å². The average Bonchev–Trinajstić information content (AvgIpc) is 2.65. The quantitative estimate of drug-likeness (QED) is 0.676. The van der Waals surface area contributed by atoms with Crippen molar-refractivity contribution >= 4 is 18.5 Å². The number of halogens is 1. The summed E-state index contributed by atoms with van der Waals surface area (Å²) in [5.74, 6) is 0.801. The van der Waals surface area contributed by atoms with Crippen LogP contribution in [0.4, 0.5) is 4.79 Å². The number of amides is 1. The molecular formula is C12H21ClN2O2. The summed E-state index contributed by atoms with van der Waals surface area (Å²) in [7, 11) is 0. The summed E-state index contributed by atoms with van der Waals surface area (Å²) in [5, 5.41) is 0. The van der Waals surface area contributed by atoms with E-state index in [0.29, 0.717) is 18.4 Å². The van der Waals surface area contributed by atoms with Crippen LogP contribution in [0.5, 0.6) is 0 Å². The lowest BCUT2D eigenvalue weighted by molar-refractivity contribution is 0.0284. The maximum absolute atomic E-state index is 11.8. The number of nitrogens with two attached hydrogens (primary N) is 1. The summed E-state index contributed by atoms with van der Waals surface area (Å²) in [5.41, 5.74) is 5.52. The molecular weight excluding hydrogens is 240 g/mol. The third kappa shape index (κ3) is 3.13. The van der Waals surface area contributed by atoms with Gasteiger partial charge in [0.2, 0.25) is 0 Å². The minimum atomic E-state index is -0.424. The second-order valence-electron chi connectivity index (χ2n) is 5.68. The number of rotatable bonds is 0. The van der Waals surface area contributed by atoms with Crippen molar-refractivity contribution in [2.45, 2.75) is 32.4 Å². The van der Waals surface area contributed by atoms with Crippen molar-refractivity contribution in [3.63, 3.8) is 0 Å². The Labute approximate surface area is 109 Å². The van der Waals surface area contributed by atoms with E-state index in [1.807, 2.05) is 26.8 Å². The zero-order chi connectivity index (χ0) is 11.9. The molecule has 0 saturated carbocycles. The van der Waals surface area contributed by atoms with Gasteiger partial charge in [0.1, 0.15) is 5.60 Å². The molecule has 0 aromatic carbocycles. The van der Waals surface area contributed by atoms with E-state index in [9.17, 15) is 4.79 Å². The van der Waals surface area contributed by atoms with Crippen molar-refractivity contribution in [1.82, 2.24) is 4.90 Å². The highest BCUT2D eigenvalue weighted by Gasteiger charge is 2.40. The number of ether oxygens (including phenoxy) is 1. The first-order valence-electron chi connectivity index (χ1n) is 5.78. The van der Waals surface area contributed by atoms with Crippen molar-refractivity contribution < 1.29 is 9.53 Å². The normalized spacial score (nSPS) is 31.1. The van der Waals surface area contributed by atoms with Crippen LogP contribution < -0.4 is 5.73 Å². The molecule has 1 heterocycles. The van der Waals surface area contributed by atoms with E-state index in [1.54, 1.807) is 4.90 Å². The third-order valence-corrected chi connectivity index (χ3v) is 3.14. The number of hydrogen-bond donors (Lipinski definition) is 1. The van der Waals surface area contributed by atoms with Gasteiger partial charge in [-0.15, -0.1) is 12.4 Å². The molecule has 1 fully saturated rings. The molecule has 4 nitrogen and oxygen atoms in total. The van der Waals surface area contributed by atoms with Crippen LogP contribution in [-0.2, 0) is 4.74 Å². The monoisotopic (exact) mass is 260 g/mol. The van der Waals surface area contributed by atoms with E-state index < -0.39 is 5.60 Å². The molecule has 0 bridgehead atoms. The van der Waals surface area contributed by atoms with E-state index in [4.69, 9.17) is 10.5 Å². The zero-order valence-electron chi connectivity index (χ0n) is 10.6. The molecule has 1 amide bonds. The molecule has 5 heteroatoms. The molecule has 2 N–H and O–H groups in total. The lowest BCUT2D eigenvalue weighted by atomic mass is 9.97. The molecule has 2 rings (SSSR count). The smallest absolute Gasteiger partial charge is 0.410 e. The first-order chi connectivity index (χ1) is 7.37. The Balaban J connectivity index is 0.00000144. The second-order valence-corrected chi connectivity index (χ2v) is 5.68. The lowest BCUT2D eigenvalue weighted by Crippen LogP contribution is -2.37. The minimum Gasteiger partial charge on any atom is -0.444 e. The van der Waals surface area contributed by atoms with Crippen molar-refractivity contribution in [3.05, 3.63) is 12.2 Å². The largest absolute Gasteiger partial charge is 0.444 e. The van der Waals surface area contributed by atoms with Gasteiger partial charge in [0.05, 0.1) is 0 Å². The van der Waals surface area contributed by atoms with Crippen LogP contribution in [0.3, 0.4) is 0 Å². The number of carbonyl (C=O) groups is 1. The Hall–Kier alpha value is -0.740. The van der Waals surface area contributed by atoms with E-state index in [0.717, 1.165) is 6.54 Å². The van der Waals surface area contributed by atoms with Crippen LogP contribution in [0.15, 0.2) is 12.2 Å². The number of hydrogen-bond acceptors (Lipinski definition) is 3. The lowest BCUT2D eigenvalue weighted by Gasteiger charge is -2.24. The first-order valence-corrected chi connectivity index (χ1v) is 5.78. The first kappa shape index (κ1) is 14.3. The van der Waals surface area contributed by atoms with E-state index in [-0.39, 0.29) is 24.5 Å². The minimum absolute atomic E-state index is 0. The van der Waals surface area contributed by atoms with Gasteiger partial charge in [0.25, 0.3) is 0 Å². The molecule has 3 unspecified atom stereocenters. The molecule has 0 spiro atoms. The number of carbonyl (C=O) groups excluding carboxylic acids is 1. The summed E-state index contributed by atoms with van der Waals surface area (Å²) in [4.78, 5) is 13.6. The van der Waals surface area contributed by atoms with Gasteiger partial charge in [0, 0.05) is 31.0 Å². The number of fused-ring (bicyclic) bond motifs is 1. The molecule has 2 aliphatic rings. The molecule has 1 aliphatic carbocycles. The fourth-order valence-corrected chi connectivity index (χ4v) is 2.35. The molecule has 0 aromatic heterocycles. The van der Waals surface area contributed by atoms with Crippen LogP contribution in [0.25, 0.3) is 0 Å². The number of likely N-dealkylation sites (tertiary alicyclic amines) is 1. The van der Waals surface area contributed by atoms with Gasteiger partial charge in [-0.2, -0.15) is 0 Å². The molecule has 17 heavy (non-hydrogen) atoms. The Morgan fingerprint density at radius 3 is 2.53 bits per heavy atom. The molecule has 98 valence electrons. The Bertz CT molecular complexity index is 325. The zero-order valence-corrected chi connectivity index (χ0v) is 11.4. The van der Waals surface area contributed by atoms with E-state index in [2.05, 4.69) is 6.08 Å². The van der Waals surface area contributed by atoms with Gasteiger partial charge in [-0.1, -0.05) is 12.2 Å². The molecule has 0 radical (unpaired) electrons. The standard InChI is InChI=1S/C12H20N2O2.ClH/c1-12(2,3)16-11(15)14-6-8-4-5-10(13)9(8)7-14;/h4-5,8-10H,6-7,13H2,1-3H3;1H. The van der Waals surface area contributed by atoms with Crippen LogP contribution in [0, 0.1) is 11.8 Å². The highest BCUT2D eigenvalue weighted by atomic mass is 35.5. The van der Waals surface area contributed by atoms with Gasteiger partial charge in [-0.3, -0.25) is 0 Å². The van der Waals surface area contributed by atoms with Crippen LogP contribution in [-0.4, -0.2) is 35.7 Å². The fraction of sp³-hybridized carbons (Fsp3) is 0.750. The van der Waals surface area contributed by atoms with Crippen LogP contribution >= 0.6 is 12.4 Å². The third-order valence-electron chi connectivity index (χ3n) is 3.14. The summed E-state index contributed by atoms with van der Waals surface area (Å²) in [6.45, 7) is 7.10. The van der Waals surface area contributed by atoms with E-state index in [1.165, 1.54) is 0 Å². The van der Waals surface area contributed by atoms with Crippen molar-refractivity contribution in [2.24, 2.45) is 17.6 Å². The van der Waals surface area contributed by atoms with Crippen molar-refractivity contribution in [2.75, 3.05) is 13.1 Å². The highest BCUT2D eigenvalue weighted by molar-refractivity contribution is 5.85. The molecule has 0 aromatic rings. The van der Waals surface area contributed by atoms with Gasteiger partial charge in [0.15, 0.2) is 0 Å². The fourth-order valence-electron chi connectivity index (χ4n) is 2.35. The Kier molecular flexibility index (Phi) is 4.10. The summed E-state index contributed by atoms with van der Waals surface area (Å²) in [6, 6.07) is 0.0948. The van der Waals surface area contributed by atoms with Gasteiger partial charge in [-0.25, -0.2) is 4.79 Å².